The molecule has 0 atom stereocenters. The molecule has 2 amide bonds. The highest BCUT2D eigenvalue weighted by molar-refractivity contribution is 9.10. The SMILES string of the molecule is Cc1ccc(-n2nc(C(C)(C)C)cc2NC(=O)CN(Cc2ccco2)C(=O)c2cccc(Br)c2)c(C)c1. The molecule has 0 saturated carbocycles. The summed E-state index contributed by atoms with van der Waals surface area (Å²) in [4.78, 5) is 28.2. The highest BCUT2D eigenvalue weighted by atomic mass is 79.9. The molecule has 0 fully saturated rings. The molecule has 8 heteroatoms. The number of halogens is 1. The number of hydrogen-bond donors (Lipinski definition) is 1. The smallest absolute Gasteiger partial charge is 0.254 e. The van der Waals surface area contributed by atoms with E-state index in [1.165, 1.54) is 4.90 Å². The average molecular weight is 563 g/mol. The Labute approximate surface area is 225 Å². The first kappa shape index (κ1) is 26.4. The number of furan rings is 1. The van der Waals surface area contributed by atoms with Crippen LogP contribution in [0.5, 0.6) is 0 Å². The van der Waals surface area contributed by atoms with E-state index in [2.05, 4.69) is 48.1 Å². The Kier molecular flexibility index (Phi) is 7.68. The first-order chi connectivity index (χ1) is 17.5. The first-order valence-electron chi connectivity index (χ1n) is 12.1. The van der Waals surface area contributed by atoms with Crippen molar-refractivity contribution in [1.82, 2.24) is 14.7 Å². The number of nitrogens with zero attached hydrogens (tertiary/aromatic N) is 3. The monoisotopic (exact) mass is 562 g/mol. The van der Waals surface area contributed by atoms with E-state index in [1.807, 2.05) is 38.1 Å². The number of carbonyl (C=O) groups excluding carboxylic acids is 2. The Balaban J connectivity index is 1.63. The van der Waals surface area contributed by atoms with Crippen LogP contribution >= 0.6 is 15.9 Å². The van der Waals surface area contributed by atoms with E-state index in [1.54, 1.807) is 41.3 Å². The highest BCUT2D eigenvalue weighted by Gasteiger charge is 2.24. The molecule has 192 valence electrons. The number of aromatic nitrogens is 2. The van der Waals surface area contributed by atoms with Crippen molar-refractivity contribution in [2.24, 2.45) is 0 Å². The molecule has 37 heavy (non-hydrogen) atoms. The molecule has 0 unspecified atom stereocenters. The van der Waals surface area contributed by atoms with Gasteiger partial charge in [-0.2, -0.15) is 5.10 Å². The molecular formula is C29H31BrN4O3. The molecule has 0 bridgehead atoms. The lowest BCUT2D eigenvalue weighted by Crippen LogP contribution is -2.37. The van der Waals surface area contributed by atoms with Crippen LogP contribution in [-0.4, -0.2) is 33.0 Å². The summed E-state index contributed by atoms with van der Waals surface area (Å²) in [6.07, 6.45) is 1.55. The van der Waals surface area contributed by atoms with Gasteiger partial charge >= 0.3 is 0 Å². The number of rotatable bonds is 7. The van der Waals surface area contributed by atoms with Crippen molar-refractivity contribution in [3.8, 4) is 5.69 Å². The van der Waals surface area contributed by atoms with E-state index in [-0.39, 0.29) is 30.3 Å². The first-order valence-corrected chi connectivity index (χ1v) is 12.9. The fourth-order valence-electron chi connectivity index (χ4n) is 4.01. The molecule has 7 nitrogen and oxygen atoms in total. The Morgan fingerprint density at radius 2 is 1.84 bits per heavy atom. The lowest BCUT2D eigenvalue weighted by Gasteiger charge is -2.21. The number of anilines is 1. The Morgan fingerprint density at radius 1 is 1.05 bits per heavy atom. The van der Waals surface area contributed by atoms with Crippen LogP contribution in [-0.2, 0) is 16.8 Å². The van der Waals surface area contributed by atoms with Crippen LogP contribution in [0, 0.1) is 13.8 Å². The molecule has 0 radical (unpaired) electrons. The molecule has 2 aromatic heterocycles. The second kappa shape index (κ2) is 10.8. The Bertz CT molecular complexity index is 1420. The van der Waals surface area contributed by atoms with Crippen LogP contribution in [0.25, 0.3) is 5.69 Å². The zero-order chi connectivity index (χ0) is 26.7. The predicted octanol–water partition coefficient (Wildman–Crippen LogP) is 6.42. The number of aryl methyl sites for hydroxylation is 2. The van der Waals surface area contributed by atoms with E-state index in [0.717, 1.165) is 27.0 Å². The van der Waals surface area contributed by atoms with Gasteiger partial charge in [0.05, 0.1) is 24.2 Å². The summed E-state index contributed by atoms with van der Waals surface area (Å²) in [6.45, 7) is 10.3. The Morgan fingerprint density at radius 3 is 2.49 bits per heavy atom. The second-order valence-corrected chi connectivity index (χ2v) is 11.1. The second-order valence-electron chi connectivity index (χ2n) is 10.2. The van der Waals surface area contributed by atoms with E-state index >= 15 is 0 Å². The number of hydrogen-bond acceptors (Lipinski definition) is 4. The molecule has 0 aliphatic heterocycles. The molecule has 1 N–H and O–H groups in total. The standard InChI is InChI=1S/C29H31BrN4O3/c1-19-11-12-24(20(2)14-19)34-26(16-25(32-34)29(3,4)5)31-27(35)18-33(17-23-10-7-13-37-23)28(36)21-8-6-9-22(30)15-21/h6-16H,17-18H2,1-5H3,(H,31,35). The molecule has 0 spiro atoms. The summed E-state index contributed by atoms with van der Waals surface area (Å²) in [5, 5.41) is 7.83. The molecule has 0 aliphatic rings. The van der Waals surface area contributed by atoms with Gasteiger partial charge in [-0.25, -0.2) is 4.68 Å². The normalized spacial score (nSPS) is 11.4. The molecule has 4 rings (SSSR count). The number of nitrogens with one attached hydrogen (secondary N) is 1. The zero-order valence-electron chi connectivity index (χ0n) is 21.7. The molecule has 4 aromatic rings. The third kappa shape index (κ3) is 6.38. The number of amides is 2. The van der Waals surface area contributed by atoms with Crippen LogP contribution in [0.2, 0.25) is 0 Å². The van der Waals surface area contributed by atoms with Gasteiger partial charge in [-0.05, 0) is 55.8 Å². The van der Waals surface area contributed by atoms with E-state index in [9.17, 15) is 9.59 Å². The van der Waals surface area contributed by atoms with Gasteiger partial charge in [0.1, 0.15) is 18.1 Å². The minimum atomic E-state index is -0.332. The quantitative estimate of drug-likeness (QED) is 0.281. The largest absolute Gasteiger partial charge is 0.467 e. The average Bonchev–Trinajstić information content (AvgIpc) is 3.48. The zero-order valence-corrected chi connectivity index (χ0v) is 23.3. The van der Waals surface area contributed by atoms with Gasteiger partial charge in [0.2, 0.25) is 5.91 Å². The van der Waals surface area contributed by atoms with Crippen molar-refractivity contribution in [1.29, 1.82) is 0 Å². The van der Waals surface area contributed by atoms with E-state index < -0.39 is 0 Å². The maximum absolute atomic E-state index is 13.4. The van der Waals surface area contributed by atoms with Crippen molar-refractivity contribution in [2.45, 2.75) is 46.6 Å². The van der Waals surface area contributed by atoms with Crippen LogP contribution < -0.4 is 5.32 Å². The summed E-state index contributed by atoms with van der Waals surface area (Å²) in [5.41, 5.74) is 4.18. The molecule has 2 heterocycles. The minimum absolute atomic E-state index is 0.158. The van der Waals surface area contributed by atoms with Gasteiger partial charge in [-0.15, -0.1) is 0 Å². The van der Waals surface area contributed by atoms with E-state index in [0.29, 0.717) is 17.1 Å². The summed E-state index contributed by atoms with van der Waals surface area (Å²) in [5.74, 6) is 0.536. The summed E-state index contributed by atoms with van der Waals surface area (Å²) < 4.78 is 8.01. The number of benzene rings is 2. The van der Waals surface area contributed by atoms with Crippen molar-refractivity contribution in [2.75, 3.05) is 11.9 Å². The molecule has 2 aromatic carbocycles. The summed E-state index contributed by atoms with van der Waals surface area (Å²) in [7, 11) is 0. The van der Waals surface area contributed by atoms with Gasteiger partial charge in [0.25, 0.3) is 5.91 Å². The van der Waals surface area contributed by atoms with Crippen molar-refractivity contribution in [3.05, 3.63) is 99.5 Å². The van der Waals surface area contributed by atoms with E-state index in [4.69, 9.17) is 9.52 Å². The van der Waals surface area contributed by atoms with Crippen LogP contribution in [0.1, 0.15) is 53.7 Å². The molecule has 0 saturated heterocycles. The summed E-state index contributed by atoms with van der Waals surface area (Å²) in [6, 6.07) is 18.6. The highest BCUT2D eigenvalue weighted by Crippen LogP contribution is 2.28. The van der Waals surface area contributed by atoms with Gasteiger partial charge in [-0.3, -0.25) is 9.59 Å². The van der Waals surface area contributed by atoms with Gasteiger partial charge in [-0.1, -0.05) is 60.5 Å². The lowest BCUT2D eigenvalue weighted by molar-refractivity contribution is -0.117. The third-order valence-electron chi connectivity index (χ3n) is 5.95. The maximum Gasteiger partial charge on any atom is 0.254 e. The van der Waals surface area contributed by atoms with Gasteiger partial charge in [0, 0.05) is 21.5 Å². The molecule has 0 aliphatic carbocycles. The third-order valence-corrected chi connectivity index (χ3v) is 6.44. The topological polar surface area (TPSA) is 80.4 Å². The Hall–Kier alpha value is -3.65. The van der Waals surface area contributed by atoms with Crippen molar-refractivity contribution < 1.29 is 14.0 Å². The fraction of sp³-hybridized carbons (Fsp3) is 0.276. The van der Waals surface area contributed by atoms with Crippen LogP contribution in [0.4, 0.5) is 5.82 Å². The van der Waals surface area contributed by atoms with Gasteiger partial charge in [0.15, 0.2) is 0 Å². The van der Waals surface area contributed by atoms with Gasteiger partial charge < -0.3 is 14.6 Å². The molecular weight excluding hydrogens is 532 g/mol. The van der Waals surface area contributed by atoms with Crippen LogP contribution in [0.15, 0.2) is 75.8 Å². The van der Waals surface area contributed by atoms with Crippen molar-refractivity contribution >= 4 is 33.6 Å². The number of carbonyl (C=O) groups is 2. The van der Waals surface area contributed by atoms with Crippen LogP contribution in [0.3, 0.4) is 0 Å². The predicted molar refractivity (Wildman–Crippen MR) is 148 cm³/mol. The van der Waals surface area contributed by atoms with Crippen molar-refractivity contribution in [3.63, 3.8) is 0 Å². The fourth-order valence-corrected chi connectivity index (χ4v) is 4.41. The lowest BCUT2D eigenvalue weighted by atomic mass is 9.92. The maximum atomic E-state index is 13.4. The minimum Gasteiger partial charge on any atom is -0.467 e. The summed E-state index contributed by atoms with van der Waals surface area (Å²) >= 11 is 3.42.